The third-order valence-corrected chi connectivity index (χ3v) is 5.05. The highest BCUT2D eigenvalue weighted by Gasteiger charge is 2.21. The average Bonchev–Trinajstić information content (AvgIpc) is 3.20. The van der Waals surface area contributed by atoms with Crippen molar-refractivity contribution in [3.8, 4) is 5.75 Å². The Hall–Kier alpha value is -2.65. The molecule has 0 spiro atoms. The van der Waals surface area contributed by atoms with Crippen molar-refractivity contribution in [3.05, 3.63) is 100 Å². The van der Waals surface area contributed by atoms with Crippen LogP contribution in [0.15, 0.2) is 83.0 Å². The van der Waals surface area contributed by atoms with Gasteiger partial charge in [0.15, 0.2) is 0 Å². The van der Waals surface area contributed by atoms with Gasteiger partial charge in [0.2, 0.25) is 0 Å². The standard InChI is InChI=1S/C22H19NOS/c1-2-19-12-18-13-20(24-14-16-6-4-3-5-7-16)8-9-21(18)22(23-19)17-10-11-25-15-17/h2-11,13,15,19H,1,12,14H2. The van der Waals surface area contributed by atoms with E-state index in [0.717, 1.165) is 17.9 Å². The Morgan fingerprint density at radius 3 is 2.80 bits per heavy atom. The highest BCUT2D eigenvalue weighted by Crippen LogP contribution is 2.28. The van der Waals surface area contributed by atoms with Gasteiger partial charge in [0.05, 0.1) is 11.8 Å². The molecule has 0 saturated heterocycles. The van der Waals surface area contributed by atoms with Gasteiger partial charge in [0, 0.05) is 16.5 Å². The minimum atomic E-state index is 0.117. The first kappa shape index (κ1) is 15.9. The number of hydrogen-bond donors (Lipinski definition) is 0. The van der Waals surface area contributed by atoms with Gasteiger partial charge >= 0.3 is 0 Å². The van der Waals surface area contributed by atoms with E-state index in [1.54, 1.807) is 11.3 Å². The zero-order valence-corrected chi connectivity index (χ0v) is 14.7. The molecule has 0 bridgehead atoms. The molecule has 0 fully saturated rings. The number of thiophene rings is 1. The number of fused-ring (bicyclic) bond motifs is 1. The summed E-state index contributed by atoms with van der Waals surface area (Å²) >= 11 is 1.69. The fourth-order valence-electron chi connectivity index (χ4n) is 3.07. The summed E-state index contributed by atoms with van der Waals surface area (Å²) in [5, 5.41) is 4.24. The lowest BCUT2D eigenvalue weighted by Gasteiger charge is -2.22. The van der Waals surface area contributed by atoms with E-state index in [9.17, 15) is 0 Å². The van der Waals surface area contributed by atoms with Gasteiger partial charge in [-0.3, -0.25) is 4.99 Å². The van der Waals surface area contributed by atoms with Crippen molar-refractivity contribution in [1.82, 2.24) is 0 Å². The first-order valence-corrected chi connectivity index (χ1v) is 9.31. The van der Waals surface area contributed by atoms with Gasteiger partial charge in [-0.05, 0) is 47.2 Å². The Morgan fingerprint density at radius 2 is 2.04 bits per heavy atom. The van der Waals surface area contributed by atoms with Crippen LogP contribution in [-0.2, 0) is 13.0 Å². The van der Waals surface area contributed by atoms with E-state index in [1.807, 2.05) is 30.3 Å². The molecule has 2 aromatic carbocycles. The van der Waals surface area contributed by atoms with Crippen LogP contribution in [0.1, 0.15) is 22.3 Å². The van der Waals surface area contributed by atoms with E-state index in [4.69, 9.17) is 9.73 Å². The predicted molar refractivity (Wildman–Crippen MR) is 105 cm³/mol. The molecule has 124 valence electrons. The van der Waals surface area contributed by atoms with Gasteiger partial charge < -0.3 is 4.74 Å². The summed E-state index contributed by atoms with van der Waals surface area (Å²) in [4.78, 5) is 4.87. The van der Waals surface area contributed by atoms with E-state index in [1.165, 1.54) is 22.3 Å². The van der Waals surface area contributed by atoms with Crippen molar-refractivity contribution in [1.29, 1.82) is 0 Å². The monoisotopic (exact) mass is 345 g/mol. The molecule has 1 unspecified atom stereocenters. The van der Waals surface area contributed by atoms with Gasteiger partial charge in [-0.1, -0.05) is 36.4 Å². The van der Waals surface area contributed by atoms with E-state index >= 15 is 0 Å². The SMILES string of the molecule is C=CC1Cc2cc(OCc3ccccc3)ccc2C(c2ccsc2)=N1. The van der Waals surface area contributed by atoms with Crippen molar-refractivity contribution in [2.75, 3.05) is 0 Å². The van der Waals surface area contributed by atoms with Crippen molar-refractivity contribution in [2.45, 2.75) is 19.1 Å². The lowest BCUT2D eigenvalue weighted by molar-refractivity contribution is 0.306. The van der Waals surface area contributed by atoms with Crippen LogP contribution in [0.25, 0.3) is 0 Å². The van der Waals surface area contributed by atoms with Crippen molar-refractivity contribution in [2.24, 2.45) is 4.99 Å². The molecule has 25 heavy (non-hydrogen) atoms. The van der Waals surface area contributed by atoms with Gasteiger partial charge in [-0.2, -0.15) is 11.3 Å². The number of ether oxygens (including phenoxy) is 1. The van der Waals surface area contributed by atoms with Crippen LogP contribution in [0, 0.1) is 0 Å². The summed E-state index contributed by atoms with van der Waals surface area (Å²) in [6, 6.07) is 18.8. The highest BCUT2D eigenvalue weighted by atomic mass is 32.1. The molecular weight excluding hydrogens is 326 g/mol. The van der Waals surface area contributed by atoms with Crippen LogP contribution >= 0.6 is 11.3 Å². The normalized spacial score (nSPS) is 16.0. The van der Waals surface area contributed by atoms with Gasteiger partial charge in [-0.15, -0.1) is 6.58 Å². The molecule has 0 radical (unpaired) electrons. The van der Waals surface area contributed by atoms with Crippen LogP contribution < -0.4 is 4.74 Å². The number of benzene rings is 2. The predicted octanol–water partition coefficient (Wildman–Crippen LogP) is 5.28. The summed E-state index contributed by atoms with van der Waals surface area (Å²) in [6.07, 6.45) is 2.79. The van der Waals surface area contributed by atoms with Gasteiger partial charge in [-0.25, -0.2) is 0 Å². The fourth-order valence-corrected chi connectivity index (χ4v) is 3.71. The molecule has 1 aliphatic heterocycles. The second-order valence-electron chi connectivity index (χ2n) is 6.09. The van der Waals surface area contributed by atoms with Crippen LogP contribution in [0.4, 0.5) is 0 Å². The third kappa shape index (κ3) is 3.42. The molecule has 0 aliphatic carbocycles. The van der Waals surface area contributed by atoms with Gasteiger partial charge in [0.25, 0.3) is 0 Å². The summed E-state index contributed by atoms with van der Waals surface area (Å²) < 4.78 is 5.99. The smallest absolute Gasteiger partial charge is 0.120 e. The molecule has 1 aromatic heterocycles. The maximum absolute atomic E-state index is 5.99. The Labute approximate surface area is 152 Å². The lowest BCUT2D eigenvalue weighted by atomic mass is 9.91. The summed E-state index contributed by atoms with van der Waals surface area (Å²) in [6.45, 7) is 4.52. The molecule has 1 atom stereocenters. The number of aliphatic imine (C=N–C) groups is 1. The first-order chi connectivity index (χ1) is 12.3. The average molecular weight is 345 g/mol. The van der Waals surface area contributed by atoms with E-state index in [-0.39, 0.29) is 6.04 Å². The van der Waals surface area contributed by atoms with Crippen molar-refractivity contribution < 1.29 is 4.74 Å². The first-order valence-electron chi connectivity index (χ1n) is 8.36. The van der Waals surface area contributed by atoms with Crippen LogP contribution in [0.2, 0.25) is 0 Å². The van der Waals surface area contributed by atoms with Crippen LogP contribution in [-0.4, -0.2) is 11.8 Å². The third-order valence-electron chi connectivity index (χ3n) is 4.37. The second-order valence-corrected chi connectivity index (χ2v) is 6.87. The quantitative estimate of drug-likeness (QED) is 0.577. The molecule has 0 N–H and O–H groups in total. The number of rotatable bonds is 5. The molecule has 3 heteroatoms. The molecule has 4 rings (SSSR count). The molecule has 3 aromatic rings. The Kier molecular flexibility index (Phi) is 4.49. The Bertz CT molecular complexity index is 897. The fraction of sp³-hybridized carbons (Fsp3) is 0.136. The molecule has 1 aliphatic rings. The van der Waals surface area contributed by atoms with E-state index in [0.29, 0.717) is 6.61 Å². The molecule has 0 saturated carbocycles. The summed E-state index contributed by atoms with van der Waals surface area (Å²) in [7, 11) is 0. The zero-order valence-electron chi connectivity index (χ0n) is 13.9. The number of hydrogen-bond acceptors (Lipinski definition) is 3. The Balaban J connectivity index is 1.61. The van der Waals surface area contributed by atoms with E-state index in [2.05, 4.69) is 47.7 Å². The minimum Gasteiger partial charge on any atom is -0.489 e. The second kappa shape index (κ2) is 7.08. The molecular formula is C22H19NOS. The number of nitrogens with zero attached hydrogens (tertiary/aromatic N) is 1. The van der Waals surface area contributed by atoms with Crippen LogP contribution in [0.3, 0.4) is 0 Å². The maximum Gasteiger partial charge on any atom is 0.120 e. The topological polar surface area (TPSA) is 21.6 Å². The lowest BCUT2D eigenvalue weighted by Crippen LogP contribution is -2.20. The molecule has 2 nitrogen and oxygen atoms in total. The Morgan fingerprint density at radius 1 is 1.16 bits per heavy atom. The summed E-state index contributed by atoms with van der Waals surface area (Å²) in [5.74, 6) is 0.900. The summed E-state index contributed by atoms with van der Waals surface area (Å²) in [5.41, 5.74) is 5.87. The van der Waals surface area contributed by atoms with Gasteiger partial charge in [0.1, 0.15) is 12.4 Å². The molecule has 2 heterocycles. The largest absolute Gasteiger partial charge is 0.489 e. The molecule has 0 amide bonds. The highest BCUT2D eigenvalue weighted by molar-refractivity contribution is 7.08. The van der Waals surface area contributed by atoms with Crippen LogP contribution in [0.5, 0.6) is 5.75 Å². The van der Waals surface area contributed by atoms with E-state index < -0.39 is 0 Å². The maximum atomic E-state index is 5.99. The zero-order chi connectivity index (χ0) is 17.1. The van der Waals surface area contributed by atoms with Crippen molar-refractivity contribution in [3.63, 3.8) is 0 Å². The van der Waals surface area contributed by atoms with Crippen molar-refractivity contribution >= 4 is 17.0 Å². The minimum absolute atomic E-state index is 0.117.